The van der Waals surface area contributed by atoms with Gasteiger partial charge in [-0.05, 0) is 38.9 Å². The first-order chi connectivity index (χ1) is 6.84. The van der Waals surface area contributed by atoms with Crippen molar-refractivity contribution in [3.8, 4) is 0 Å². The van der Waals surface area contributed by atoms with Crippen molar-refractivity contribution in [1.29, 1.82) is 0 Å². The molecule has 2 fully saturated rings. The Labute approximate surface area is 87.6 Å². The smallest absolute Gasteiger partial charge is 0.0300 e. The Morgan fingerprint density at radius 3 is 2.21 bits per heavy atom. The molecule has 2 rings (SSSR count). The lowest BCUT2D eigenvalue weighted by molar-refractivity contribution is 0.197. The second kappa shape index (κ2) is 4.83. The van der Waals surface area contributed by atoms with E-state index in [4.69, 9.17) is 0 Å². The maximum atomic E-state index is 2.51. The van der Waals surface area contributed by atoms with Crippen LogP contribution in [-0.2, 0) is 0 Å². The van der Waals surface area contributed by atoms with Crippen molar-refractivity contribution in [2.24, 2.45) is 0 Å². The minimum absolute atomic E-state index is 1.22. The number of piperazine rings is 1. The normalized spacial score (nSPS) is 25.2. The molecule has 0 aromatic rings. The highest BCUT2D eigenvalue weighted by molar-refractivity contribution is 5.04. The molecule has 2 heteroatoms. The second-order valence-electron chi connectivity index (χ2n) is 4.69. The lowest BCUT2D eigenvalue weighted by Gasteiger charge is -2.32. The van der Waals surface area contributed by atoms with Gasteiger partial charge < -0.3 is 9.80 Å². The fourth-order valence-corrected chi connectivity index (χ4v) is 2.34. The molecular weight excluding hydrogens is 172 g/mol. The molecule has 0 radical (unpaired) electrons. The van der Waals surface area contributed by atoms with Crippen LogP contribution in [0, 0.1) is 0 Å². The zero-order valence-corrected chi connectivity index (χ0v) is 9.34. The number of hydrogen-bond donors (Lipinski definition) is 0. The quantitative estimate of drug-likeness (QED) is 0.630. The zero-order valence-electron chi connectivity index (χ0n) is 9.34. The molecule has 0 amide bonds. The number of allylic oxidation sites excluding steroid dienone is 1. The Bertz CT molecular complexity index is 194. The highest BCUT2D eigenvalue weighted by Crippen LogP contribution is 2.23. The molecule has 0 aromatic carbocycles. The molecular formula is C12H22N2. The maximum absolute atomic E-state index is 2.51. The summed E-state index contributed by atoms with van der Waals surface area (Å²) in [4.78, 5) is 4.93. The van der Waals surface area contributed by atoms with E-state index in [-0.39, 0.29) is 0 Å². The molecule has 80 valence electrons. The molecule has 14 heavy (non-hydrogen) atoms. The zero-order chi connectivity index (χ0) is 9.80. The highest BCUT2D eigenvalue weighted by atomic mass is 15.2. The first-order valence-electron chi connectivity index (χ1n) is 5.97. The summed E-state index contributed by atoms with van der Waals surface area (Å²) in [6.07, 6.45) is 9.43. The van der Waals surface area contributed by atoms with E-state index in [1.54, 1.807) is 5.57 Å². The standard InChI is InChI=1S/C12H22N2/c1-13-7-9-14(10-8-13)11-12-5-3-2-4-6-12/h11H,2-10H2,1H3. The minimum atomic E-state index is 1.22. The van der Waals surface area contributed by atoms with E-state index in [0.29, 0.717) is 0 Å². The Morgan fingerprint density at radius 2 is 1.57 bits per heavy atom. The van der Waals surface area contributed by atoms with Crippen LogP contribution in [0.3, 0.4) is 0 Å². The summed E-state index contributed by atoms with van der Waals surface area (Å²) in [7, 11) is 2.21. The van der Waals surface area contributed by atoms with Crippen LogP contribution in [-0.4, -0.2) is 43.0 Å². The molecule has 0 unspecified atom stereocenters. The van der Waals surface area contributed by atoms with Gasteiger partial charge in [-0.15, -0.1) is 0 Å². The Kier molecular flexibility index (Phi) is 3.46. The van der Waals surface area contributed by atoms with Gasteiger partial charge in [-0.1, -0.05) is 12.0 Å². The van der Waals surface area contributed by atoms with Crippen molar-refractivity contribution in [3.63, 3.8) is 0 Å². The van der Waals surface area contributed by atoms with Crippen LogP contribution in [0.5, 0.6) is 0 Å². The van der Waals surface area contributed by atoms with Crippen LogP contribution in [0.25, 0.3) is 0 Å². The van der Waals surface area contributed by atoms with Crippen LogP contribution in [0.1, 0.15) is 32.1 Å². The molecule has 0 N–H and O–H groups in total. The lowest BCUT2D eigenvalue weighted by Crippen LogP contribution is -2.41. The fraction of sp³-hybridized carbons (Fsp3) is 0.833. The van der Waals surface area contributed by atoms with Gasteiger partial charge in [0.15, 0.2) is 0 Å². The molecule has 1 saturated heterocycles. The SMILES string of the molecule is CN1CCN(C=C2CCCCC2)CC1. The third kappa shape index (κ3) is 2.74. The van der Waals surface area contributed by atoms with Gasteiger partial charge >= 0.3 is 0 Å². The molecule has 0 aromatic heterocycles. The third-order valence-corrected chi connectivity index (χ3v) is 3.40. The largest absolute Gasteiger partial charge is 0.375 e. The molecule has 0 bridgehead atoms. The van der Waals surface area contributed by atoms with Crippen LogP contribution >= 0.6 is 0 Å². The second-order valence-corrected chi connectivity index (χ2v) is 4.69. The van der Waals surface area contributed by atoms with Gasteiger partial charge in [0.25, 0.3) is 0 Å². The average Bonchev–Trinajstić information content (AvgIpc) is 2.23. The first kappa shape index (κ1) is 10.0. The van der Waals surface area contributed by atoms with Gasteiger partial charge in [-0.2, -0.15) is 0 Å². The summed E-state index contributed by atoms with van der Waals surface area (Å²) in [5.41, 5.74) is 1.70. The van der Waals surface area contributed by atoms with Gasteiger partial charge in [-0.25, -0.2) is 0 Å². The monoisotopic (exact) mass is 194 g/mol. The van der Waals surface area contributed by atoms with Crippen molar-refractivity contribution in [1.82, 2.24) is 9.80 Å². The van der Waals surface area contributed by atoms with Gasteiger partial charge in [0.2, 0.25) is 0 Å². The van der Waals surface area contributed by atoms with Crippen LogP contribution < -0.4 is 0 Å². The van der Waals surface area contributed by atoms with Gasteiger partial charge in [0.1, 0.15) is 0 Å². The average molecular weight is 194 g/mol. The summed E-state index contributed by atoms with van der Waals surface area (Å²) in [6.45, 7) is 4.90. The van der Waals surface area contributed by atoms with E-state index in [0.717, 1.165) is 0 Å². The molecule has 0 spiro atoms. The summed E-state index contributed by atoms with van der Waals surface area (Å²) in [6, 6.07) is 0. The van der Waals surface area contributed by atoms with Crippen molar-refractivity contribution in [2.75, 3.05) is 33.2 Å². The summed E-state index contributed by atoms with van der Waals surface area (Å²) in [5, 5.41) is 0. The minimum Gasteiger partial charge on any atom is -0.375 e. The predicted molar refractivity (Wildman–Crippen MR) is 60.2 cm³/mol. The fourth-order valence-electron chi connectivity index (χ4n) is 2.34. The molecule has 2 nitrogen and oxygen atoms in total. The lowest BCUT2D eigenvalue weighted by atomic mass is 9.95. The summed E-state index contributed by atoms with van der Waals surface area (Å²) < 4.78 is 0. The van der Waals surface area contributed by atoms with Crippen LogP contribution in [0.2, 0.25) is 0 Å². The number of rotatable bonds is 1. The number of nitrogens with zero attached hydrogens (tertiary/aromatic N) is 2. The van der Waals surface area contributed by atoms with Gasteiger partial charge in [0.05, 0.1) is 0 Å². The highest BCUT2D eigenvalue weighted by Gasteiger charge is 2.12. The van der Waals surface area contributed by atoms with Crippen LogP contribution in [0.15, 0.2) is 11.8 Å². The predicted octanol–water partition coefficient (Wildman–Crippen LogP) is 2.08. The van der Waals surface area contributed by atoms with Crippen molar-refractivity contribution < 1.29 is 0 Å². The number of likely N-dealkylation sites (N-methyl/N-ethyl adjacent to an activating group) is 1. The van der Waals surface area contributed by atoms with E-state index in [1.807, 2.05) is 0 Å². The topological polar surface area (TPSA) is 6.48 Å². The van der Waals surface area contributed by atoms with Gasteiger partial charge in [0, 0.05) is 26.2 Å². The summed E-state index contributed by atoms with van der Waals surface area (Å²) in [5.74, 6) is 0. The molecule has 0 atom stereocenters. The van der Waals surface area contributed by atoms with E-state index in [9.17, 15) is 0 Å². The van der Waals surface area contributed by atoms with Crippen molar-refractivity contribution in [2.45, 2.75) is 32.1 Å². The maximum Gasteiger partial charge on any atom is 0.0300 e. The molecule has 1 aliphatic carbocycles. The van der Waals surface area contributed by atoms with Crippen molar-refractivity contribution >= 4 is 0 Å². The molecule has 1 saturated carbocycles. The Morgan fingerprint density at radius 1 is 0.929 bits per heavy atom. The first-order valence-corrected chi connectivity index (χ1v) is 5.97. The van der Waals surface area contributed by atoms with Crippen molar-refractivity contribution in [3.05, 3.63) is 11.8 Å². The summed E-state index contributed by atoms with van der Waals surface area (Å²) >= 11 is 0. The molecule has 1 heterocycles. The van der Waals surface area contributed by atoms with E-state index < -0.39 is 0 Å². The third-order valence-electron chi connectivity index (χ3n) is 3.40. The molecule has 2 aliphatic rings. The van der Waals surface area contributed by atoms with Gasteiger partial charge in [-0.3, -0.25) is 0 Å². The van der Waals surface area contributed by atoms with Crippen LogP contribution in [0.4, 0.5) is 0 Å². The van der Waals surface area contributed by atoms with E-state index >= 15 is 0 Å². The molecule has 1 aliphatic heterocycles. The Hall–Kier alpha value is -0.500. The van der Waals surface area contributed by atoms with E-state index in [2.05, 4.69) is 23.0 Å². The Balaban J connectivity index is 1.83. The number of hydrogen-bond acceptors (Lipinski definition) is 2. The van der Waals surface area contributed by atoms with E-state index in [1.165, 1.54) is 58.3 Å².